The van der Waals surface area contributed by atoms with Crippen LogP contribution in [0.2, 0.25) is 0 Å². The Labute approximate surface area is 176 Å². The lowest BCUT2D eigenvalue weighted by Crippen LogP contribution is -2.20. The monoisotopic (exact) mass is 400 g/mol. The molecule has 146 valence electrons. The van der Waals surface area contributed by atoms with E-state index in [0.29, 0.717) is 0 Å². The second-order valence-corrected chi connectivity index (χ2v) is 7.97. The molecule has 0 saturated carbocycles. The van der Waals surface area contributed by atoms with Crippen LogP contribution in [-0.4, -0.2) is 33.0 Å². The second-order valence-electron chi connectivity index (χ2n) is 6.85. The van der Waals surface area contributed by atoms with Gasteiger partial charge in [-0.05, 0) is 48.0 Å². The minimum atomic E-state index is 0.799. The molecular weight excluding hydrogens is 376 g/mol. The molecule has 29 heavy (non-hydrogen) atoms. The predicted octanol–water partition coefficient (Wildman–Crippen LogP) is 5.80. The molecule has 0 radical (unpaired) electrons. The summed E-state index contributed by atoms with van der Waals surface area (Å²) in [4.78, 5) is 9.50. The molecule has 0 saturated heterocycles. The number of anilines is 1. The first-order valence-electron chi connectivity index (χ1n) is 9.68. The van der Waals surface area contributed by atoms with Crippen molar-refractivity contribution in [2.45, 2.75) is 9.79 Å². The lowest BCUT2D eigenvalue weighted by atomic mass is 10.1. The summed E-state index contributed by atoms with van der Waals surface area (Å²) in [6, 6.07) is 25.1. The zero-order valence-corrected chi connectivity index (χ0v) is 17.5. The van der Waals surface area contributed by atoms with Gasteiger partial charge in [0.15, 0.2) is 0 Å². The molecule has 0 unspecified atom stereocenters. The van der Waals surface area contributed by atoms with Crippen molar-refractivity contribution in [3.05, 3.63) is 90.0 Å². The minimum absolute atomic E-state index is 0.799. The topological polar surface area (TPSA) is 24.8 Å². The number of para-hydroxylation sites is 1. The van der Waals surface area contributed by atoms with Gasteiger partial charge in [-0.3, -0.25) is 4.99 Å². The Kier molecular flexibility index (Phi) is 6.01. The SMILES string of the molecule is COc1ccc(Sc2ccccc2/C=C/C2=NCCN(C)c3ccccc32)cc1. The van der Waals surface area contributed by atoms with Crippen molar-refractivity contribution in [2.75, 3.05) is 32.1 Å². The zero-order valence-electron chi connectivity index (χ0n) is 16.7. The maximum Gasteiger partial charge on any atom is 0.118 e. The summed E-state index contributed by atoms with van der Waals surface area (Å²) in [7, 11) is 3.82. The Bertz CT molecular complexity index is 1040. The van der Waals surface area contributed by atoms with Crippen LogP contribution in [0, 0.1) is 0 Å². The van der Waals surface area contributed by atoms with Crippen LogP contribution in [0.1, 0.15) is 11.1 Å². The molecule has 4 rings (SSSR count). The molecule has 0 spiro atoms. The summed E-state index contributed by atoms with van der Waals surface area (Å²) >= 11 is 1.76. The molecule has 0 bridgehead atoms. The van der Waals surface area contributed by atoms with Gasteiger partial charge < -0.3 is 9.64 Å². The molecule has 1 aliphatic rings. The van der Waals surface area contributed by atoms with Gasteiger partial charge in [0.2, 0.25) is 0 Å². The number of likely N-dealkylation sites (N-methyl/N-ethyl adjacent to an activating group) is 1. The summed E-state index contributed by atoms with van der Waals surface area (Å²) < 4.78 is 5.26. The van der Waals surface area contributed by atoms with Crippen LogP contribution < -0.4 is 9.64 Å². The fraction of sp³-hybridized carbons (Fsp3) is 0.160. The number of hydrogen-bond acceptors (Lipinski definition) is 4. The molecule has 0 aromatic heterocycles. The molecule has 1 heterocycles. The number of benzodiazepines with no additional fused rings is 1. The van der Waals surface area contributed by atoms with Crippen molar-refractivity contribution >= 4 is 29.2 Å². The second kappa shape index (κ2) is 9.01. The number of hydrogen-bond donors (Lipinski definition) is 0. The van der Waals surface area contributed by atoms with E-state index in [2.05, 4.69) is 84.8 Å². The van der Waals surface area contributed by atoms with E-state index in [-0.39, 0.29) is 0 Å². The van der Waals surface area contributed by atoms with Crippen LogP contribution in [0.3, 0.4) is 0 Å². The number of aliphatic imine (C=N–C) groups is 1. The quantitative estimate of drug-likeness (QED) is 0.541. The van der Waals surface area contributed by atoms with Gasteiger partial charge in [0.25, 0.3) is 0 Å². The number of allylic oxidation sites excluding steroid dienone is 1. The third-order valence-corrected chi connectivity index (χ3v) is 6.04. The summed E-state index contributed by atoms with van der Waals surface area (Å²) in [6.07, 6.45) is 4.32. The Morgan fingerprint density at radius 3 is 2.52 bits per heavy atom. The molecule has 1 aliphatic heterocycles. The van der Waals surface area contributed by atoms with Crippen molar-refractivity contribution in [3.63, 3.8) is 0 Å². The van der Waals surface area contributed by atoms with E-state index in [0.717, 1.165) is 24.6 Å². The van der Waals surface area contributed by atoms with Crippen LogP contribution in [0.25, 0.3) is 6.08 Å². The Morgan fingerprint density at radius 1 is 0.931 bits per heavy atom. The summed E-state index contributed by atoms with van der Waals surface area (Å²) in [5.41, 5.74) is 4.64. The van der Waals surface area contributed by atoms with E-state index in [1.165, 1.54) is 26.6 Å². The Balaban J connectivity index is 1.60. The average molecular weight is 401 g/mol. The van der Waals surface area contributed by atoms with Gasteiger partial charge in [-0.15, -0.1) is 0 Å². The molecule has 0 atom stereocenters. The summed E-state index contributed by atoms with van der Waals surface area (Å²) in [6.45, 7) is 1.73. The lowest BCUT2D eigenvalue weighted by Gasteiger charge is -2.18. The molecule has 0 N–H and O–H groups in total. The predicted molar refractivity (Wildman–Crippen MR) is 124 cm³/mol. The van der Waals surface area contributed by atoms with E-state index in [1.807, 2.05) is 12.1 Å². The highest BCUT2D eigenvalue weighted by Crippen LogP contribution is 2.32. The number of methoxy groups -OCH3 is 1. The average Bonchev–Trinajstić information content (AvgIpc) is 2.93. The molecule has 0 amide bonds. The van der Waals surface area contributed by atoms with Gasteiger partial charge in [-0.2, -0.15) is 0 Å². The van der Waals surface area contributed by atoms with E-state index >= 15 is 0 Å². The molecule has 4 heteroatoms. The van der Waals surface area contributed by atoms with Crippen molar-refractivity contribution in [3.8, 4) is 5.75 Å². The van der Waals surface area contributed by atoms with E-state index in [1.54, 1.807) is 18.9 Å². The summed E-state index contributed by atoms with van der Waals surface area (Å²) in [5, 5.41) is 0. The van der Waals surface area contributed by atoms with Crippen LogP contribution >= 0.6 is 11.8 Å². The number of rotatable bonds is 5. The van der Waals surface area contributed by atoms with Gasteiger partial charge in [0, 0.05) is 34.6 Å². The van der Waals surface area contributed by atoms with Gasteiger partial charge in [-0.1, -0.05) is 54.2 Å². The number of fused-ring (bicyclic) bond motifs is 1. The van der Waals surface area contributed by atoms with Crippen LogP contribution in [-0.2, 0) is 0 Å². The highest BCUT2D eigenvalue weighted by atomic mass is 32.2. The molecule has 3 aromatic rings. The highest BCUT2D eigenvalue weighted by molar-refractivity contribution is 7.99. The van der Waals surface area contributed by atoms with E-state index < -0.39 is 0 Å². The van der Waals surface area contributed by atoms with Gasteiger partial charge in [-0.25, -0.2) is 0 Å². The van der Waals surface area contributed by atoms with E-state index in [9.17, 15) is 0 Å². The minimum Gasteiger partial charge on any atom is -0.497 e. The van der Waals surface area contributed by atoms with Gasteiger partial charge in [0.1, 0.15) is 5.75 Å². The number of benzene rings is 3. The Hall–Kier alpha value is -2.98. The maximum absolute atomic E-state index is 5.26. The first kappa shape index (κ1) is 19.3. The molecule has 0 aliphatic carbocycles. The number of ether oxygens (including phenoxy) is 1. The molecular formula is C25H24N2OS. The van der Waals surface area contributed by atoms with Crippen molar-refractivity contribution in [1.29, 1.82) is 0 Å². The third kappa shape index (κ3) is 4.54. The molecule has 0 fully saturated rings. The lowest BCUT2D eigenvalue weighted by molar-refractivity contribution is 0.414. The standard InChI is InChI=1S/C25H24N2OS/c1-27-18-17-26-23(22-8-4-5-9-24(22)27)16-11-19-7-3-6-10-25(19)29-21-14-12-20(28-2)13-15-21/h3-16H,17-18H2,1-2H3/b16-11+. The molecule has 3 aromatic carbocycles. The van der Waals surface area contributed by atoms with Gasteiger partial charge in [0.05, 0.1) is 19.4 Å². The normalized spacial score (nSPS) is 13.7. The first-order valence-corrected chi connectivity index (χ1v) is 10.5. The van der Waals surface area contributed by atoms with Crippen molar-refractivity contribution < 1.29 is 4.74 Å². The summed E-state index contributed by atoms with van der Waals surface area (Å²) in [5.74, 6) is 0.873. The smallest absolute Gasteiger partial charge is 0.118 e. The fourth-order valence-electron chi connectivity index (χ4n) is 3.34. The third-order valence-electron chi connectivity index (χ3n) is 4.94. The van der Waals surface area contributed by atoms with Crippen LogP contribution in [0.15, 0.2) is 93.7 Å². The molecule has 3 nitrogen and oxygen atoms in total. The van der Waals surface area contributed by atoms with Crippen LogP contribution in [0.5, 0.6) is 5.75 Å². The number of nitrogens with zero attached hydrogens (tertiary/aromatic N) is 2. The van der Waals surface area contributed by atoms with Gasteiger partial charge >= 0.3 is 0 Å². The Morgan fingerprint density at radius 2 is 1.69 bits per heavy atom. The highest BCUT2D eigenvalue weighted by Gasteiger charge is 2.13. The fourth-order valence-corrected chi connectivity index (χ4v) is 4.27. The van der Waals surface area contributed by atoms with Crippen LogP contribution in [0.4, 0.5) is 5.69 Å². The largest absolute Gasteiger partial charge is 0.497 e. The first-order chi connectivity index (χ1) is 14.2. The zero-order chi connectivity index (χ0) is 20.1. The van der Waals surface area contributed by atoms with Crippen molar-refractivity contribution in [1.82, 2.24) is 0 Å². The van der Waals surface area contributed by atoms with E-state index in [4.69, 9.17) is 9.73 Å². The maximum atomic E-state index is 5.26. The van der Waals surface area contributed by atoms with Crippen molar-refractivity contribution in [2.24, 2.45) is 4.99 Å².